The lowest BCUT2D eigenvalue weighted by Gasteiger charge is -2.09. The first-order chi connectivity index (χ1) is 7.79. The second kappa shape index (κ2) is 4.68. The number of hydrogen-bond acceptors (Lipinski definition) is 3. The largest absolute Gasteiger partial charge is 0.457 e. The molecule has 0 aliphatic carbocycles. The molecule has 2 rings (SSSR count). The van der Waals surface area contributed by atoms with E-state index in [0.717, 1.165) is 5.56 Å². The topological polar surface area (TPSA) is 55.5 Å². The maximum Gasteiger partial charge on any atom is 0.132 e. The van der Waals surface area contributed by atoms with Gasteiger partial charge >= 0.3 is 0 Å². The molecule has 0 saturated carbocycles. The van der Waals surface area contributed by atoms with Crippen molar-refractivity contribution in [3.8, 4) is 11.5 Å². The van der Waals surface area contributed by atoms with Gasteiger partial charge in [-0.25, -0.2) is 0 Å². The number of nitrogens with two attached hydrogens (primary N) is 1. The van der Waals surface area contributed by atoms with Crippen molar-refractivity contribution in [2.24, 2.45) is 0 Å². The summed E-state index contributed by atoms with van der Waals surface area (Å²) in [5.41, 5.74) is 7.06. The minimum Gasteiger partial charge on any atom is -0.457 e. The fourth-order valence-electron chi connectivity index (χ4n) is 1.44. The summed E-state index contributed by atoms with van der Waals surface area (Å²) in [6.45, 7) is -0.0432. The highest BCUT2D eigenvalue weighted by molar-refractivity contribution is 5.46. The molecular weight excluding hydrogens is 202 g/mol. The number of hydrogen-bond donors (Lipinski definition) is 2. The number of nitrogen functional groups attached to an aromatic ring is 1. The summed E-state index contributed by atoms with van der Waals surface area (Å²) in [7, 11) is 0. The van der Waals surface area contributed by atoms with Gasteiger partial charge in [0.15, 0.2) is 0 Å². The third kappa shape index (κ3) is 2.32. The van der Waals surface area contributed by atoms with Crippen LogP contribution in [0.3, 0.4) is 0 Å². The minimum atomic E-state index is -0.0432. The van der Waals surface area contributed by atoms with E-state index in [1.807, 2.05) is 36.4 Å². The van der Waals surface area contributed by atoms with Crippen LogP contribution in [-0.4, -0.2) is 5.11 Å². The number of rotatable bonds is 3. The predicted octanol–water partition coefficient (Wildman–Crippen LogP) is 2.55. The normalized spacial score (nSPS) is 10.1. The summed E-state index contributed by atoms with van der Waals surface area (Å²) in [5.74, 6) is 1.32. The lowest BCUT2D eigenvalue weighted by molar-refractivity contribution is 0.276. The van der Waals surface area contributed by atoms with Crippen molar-refractivity contribution >= 4 is 5.69 Å². The Morgan fingerprint density at radius 1 is 1.06 bits per heavy atom. The molecule has 0 atom stereocenters. The molecule has 0 saturated heterocycles. The summed E-state index contributed by atoms with van der Waals surface area (Å²) in [4.78, 5) is 0. The standard InChI is InChI=1S/C13H13NO2/c14-11-5-3-6-12(8-11)16-13-7-2-1-4-10(13)9-15/h1-8,15H,9,14H2. The number of anilines is 1. The molecule has 2 aromatic rings. The molecule has 3 N–H and O–H groups in total. The zero-order valence-corrected chi connectivity index (χ0v) is 8.76. The third-order valence-corrected chi connectivity index (χ3v) is 2.23. The highest BCUT2D eigenvalue weighted by Crippen LogP contribution is 2.26. The Kier molecular flexibility index (Phi) is 3.08. The van der Waals surface area contributed by atoms with Crippen LogP contribution in [0.2, 0.25) is 0 Å². The molecule has 0 spiro atoms. The Bertz CT molecular complexity index is 483. The van der Waals surface area contributed by atoms with E-state index in [1.165, 1.54) is 0 Å². The average molecular weight is 215 g/mol. The molecule has 0 amide bonds. The Balaban J connectivity index is 2.26. The van der Waals surface area contributed by atoms with Gasteiger partial charge in [0, 0.05) is 17.3 Å². The molecule has 0 fully saturated rings. The summed E-state index contributed by atoms with van der Waals surface area (Å²) in [5, 5.41) is 9.15. The van der Waals surface area contributed by atoms with Crippen LogP contribution in [0.25, 0.3) is 0 Å². The fourth-order valence-corrected chi connectivity index (χ4v) is 1.44. The predicted molar refractivity (Wildman–Crippen MR) is 63.3 cm³/mol. The van der Waals surface area contributed by atoms with Gasteiger partial charge in [0.2, 0.25) is 0 Å². The van der Waals surface area contributed by atoms with Crippen molar-refractivity contribution in [1.82, 2.24) is 0 Å². The van der Waals surface area contributed by atoms with E-state index in [2.05, 4.69) is 0 Å². The third-order valence-electron chi connectivity index (χ3n) is 2.23. The van der Waals surface area contributed by atoms with Crippen LogP contribution in [0.4, 0.5) is 5.69 Å². The second-order valence-corrected chi connectivity index (χ2v) is 3.44. The summed E-state index contributed by atoms with van der Waals surface area (Å²) < 4.78 is 5.64. The number of ether oxygens (including phenoxy) is 1. The number of benzene rings is 2. The number of para-hydroxylation sites is 1. The minimum absolute atomic E-state index is 0.0432. The first-order valence-corrected chi connectivity index (χ1v) is 5.02. The molecule has 0 aliphatic heterocycles. The van der Waals surface area contributed by atoms with E-state index in [4.69, 9.17) is 15.6 Å². The van der Waals surface area contributed by atoms with Gasteiger partial charge < -0.3 is 15.6 Å². The van der Waals surface area contributed by atoms with Crippen LogP contribution in [0.5, 0.6) is 11.5 Å². The number of aliphatic hydroxyl groups excluding tert-OH is 1. The zero-order valence-electron chi connectivity index (χ0n) is 8.76. The molecule has 0 aliphatic rings. The van der Waals surface area contributed by atoms with E-state index in [1.54, 1.807) is 12.1 Å². The Hall–Kier alpha value is -2.00. The lowest BCUT2D eigenvalue weighted by atomic mass is 10.2. The maximum absolute atomic E-state index is 9.15. The van der Waals surface area contributed by atoms with Crippen molar-refractivity contribution in [2.75, 3.05) is 5.73 Å². The SMILES string of the molecule is Nc1cccc(Oc2ccccc2CO)c1. The maximum atomic E-state index is 9.15. The molecule has 0 bridgehead atoms. The van der Waals surface area contributed by atoms with E-state index >= 15 is 0 Å². The van der Waals surface area contributed by atoms with Gasteiger partial charge in [-0.1, -0.05) is 24.3 Å². The van der Waals surface area contributed by atoms with Crippen molar-refractivity contribution in [3.05, 3.63) is 54.1 Å². The van der Waals surface area contributed by atoms with Crippen molar-refractivity contribution < 1.29 is 9.84 Å². The van der Waals surface area contributed by atoms with Gasteiger partial charge in [0.05, 0.1) is 6.61 Å². The summed E-state index contributed by atoms with van der Waals surface area (Å²) >= 11 is 0. The number of aliphatic hydroxyl groups is 1. The Morgan fingerprint density at radius 3 is 2.62 bits per heavy atom. The van der Waals surface area contributed by atoms with E-state index in [0.29, 0.717) is 17.2 Å². The first kappa shape index (κ1) is 10.5. The molecule has 0 heterocycles. The van der Waals surface area contributed by atoms with Gasteiger partial charge in [-0.3, -0.25) is 0 Å². The molecule has 16 heavy (non-hydrogen) atoms. The van der Waals surface area contributed by atoms with Gasteiger partial charge in [-0.05, 0) is 18.2 Å². The quantitative estimate of drug-likeness (QED) is 0.773. The van der Waals surface area contributed by atoms with E-state index < -0.39 is 0 Å². The molecule has 3 nitrogen and oxygen atoms in total. The van der Waals surface area contributed by atoms with Gasteiger partial charge in [0.1, 0.15) is 11.5 Å². The molecule has 82 valence electrons. The molecular formula is C13H13NO2. The lowest BCUT2D eigenvalue weighted by Crippen LogP contribution is -1.92. The monoisotopic (exact) mass is 215 g/mol. The van der Waals surface area contributed by atoms with Crippen molar-refractivity contribution in [3.63, 3.8) is 0 Å². The summed E-state index contributed by atoms with van der Waals surface area (Å²) in [6, 6.07) is 14.5. The van der Waals surface area contributed by atoms with E-state index in [9.17, 15) is 0 Å². The van der Waals surface area contributed by atoms with Crippen LogP contribution < -0.4 is 10.5 Å². The van der Waals surface area contributed by atoms with Gasteiger partial charge in [-0.15, -0.1) is 0 Å². The van der Waals surface area contributed by atoms with Crippen molar-refractivity contribution in [2.45, 2.75) is 6.61 Å². The van der Waals surface area contributed by atoms with Crippen LogP contribution in [0, 0.1) is 0 Å². The van der Waals surface area contributed by atoms with Crippen molar-refractivity contribution in [1.29, 1.82) is 0 Å². The molecule has 0 radical (unpaired) electrons. The van der Waals surface area contributed by atoms with Crippen LogP contribution >= 0.6 is 0 Å². The Labute approximate surface area is 94.1 Å². The molecule has 2 aromatic carbocycles. The molecule has 3 heteroatoms. The summed E-state index contributed by atoms with van der Waals surface area (Å²) in [6.07, 6.45) is 0. The molecule has 0 aromatic heterocycles. The second-order valence-electron chi connectivity index (χ2n) is 3.44. The average Bonchev–Trinajstić information content (AvgIpc) is 2.30. The Morgan fingerprint density at radius 2 is 1.88 bits per heavy atom. The van der Waals surface area contributed by atoms with E-state index in [-0.39, 0.29) is 6.61 Å². The fraction of sp³-hybridized carbons (Fsp3) is 0.0769. The van der Waals surface area contributed by atoms with Crippen LogP contribution in [0.15, 0.2) is 48.5 Å². The van der Waals surface area contributed by atoms with Crippen LogP contribution in [0.1, 0.15) is 5.56 Å². The molecule has 0 unspecified atom stereocenters. The highest BCUT2D eigenvalue weighted by atomic mass is 16.5. The zero-order chi connectivity index (χ0) is 11.4. The van der Waals surface area contributed by atoms with Crippen LogP contribution in [-0.2, 0) is 6.61 Å². The first-order valence-electron chi connectivity index (χ1n) is 5.02. The smallest absolute Gasteiger partial charge is 0.132 e. The highest BCUT2D eigenvalue weighted by Gasteiger charge is 2.02. The van der Waals surface area contributed by atoms with Gasteiger partial charge in [-0.2, -0.15) is 0 Å². The van der Waals surface area contributed by atoms with Gasteiger partial charge in [0.25, 0.3) is 0 Å².